The molecule has 2 rings (SSSR count). The van der Waals surface area contributed by atoms with Gasteiger partial charge in [0.25, 0.3) is 0 Å². The molecule has 0 saturated carbocycles. The van der Waals surface area contributed by atoms with E-state index in [1.54, 1.807) is 14.1 Å². The van der Waals surface area contributed by atoms with Gasteiger partial charge in [-0.15, -0.1) is 0 Å². The highest BCUT2D eigenvalue weighted by atomic mass is 16.6. The molecule has 0 radical (unpaired) electrons. The zero-order valence-corrected chi connectivity index (χ0v) is 13.0. The molecular weight excluding hydrogens is 268 g/mol. The summed E-state index contributed by atoms with van der Waals surface area (Å²) in [5, 5.41) is 0. The van der Waals surface area contributed by atoms with Gasteiger partial charge < -0.3 is 14.4 Å². The maximum absolute atomic E-state index is 11.4. The fraction of sp³-hybridized carbons (Fsp3) is 0.562. The number of rotatable bonds is 4. The minimum absolute atomic E-state index is 0.297. The lowest BCUT2D eigenvalue weighted by atomic mass is 9.94. The maximum atomic E-state index is 11.4. The van der Waals surface area contributed by atoms with E-state index in [1.165, 1.54) is 10.5 Å². The van der Waals surface area contributed by atoms with Crippen molar-refractivity contribution in [2.45, 2.75) is 12.5 Å². The highest BCUT2D eigenvalue weighted by Crippen LogP contribution is 2.28. The van der Waals surface area contributed by atoms with Crippen molar-refractivity contribution >= 4 is 6.09 Å². The highest BCUT2D eigenvalue weighted by Gasteiger charge is 2.33. The summed E-state index contributed by atoms with van der Waals surface area (Å²) in [6.45, 7) is 5.60. The van der Waals surface area contributed by atoms with Crippen LogP contribution in [0, 0.1) is 0 Å². The molecule has 1 heterocycles. The SMILES string of the molecule is CN(C)C(=O)OCCN1CCOC(C)(c2ccccc2)C1. The summed E-state index contributed by atoms with van der Waals surface area (Å²) in [5.74, 6) is 0. The molecule has 1 aromatic rings. The second kappa shape index (κ2) is 6.91. The van der Waals surface area contributed by atoms with Crippen molar-refractivity contribution in [1.29, 1.82) is 0 Å². The van der Waals surface area contributed by atoms with Crippen molar-refractivity contribution in [1.82, 2.24) is 9.80 Å². The lowest BCUT2D eigenvalue weighted by Crippen LogP contribution is -2.49. The molecule has 1 aliphatic rings. The van der Waals surface area contributed by atoms with Gasteiger partial charge in [0.15, 0.2) is 0 Å². The Labute approximate surface area is 126 Å². The molecular formula is C16H24N2O3. The predicted molar refractivity (Wildman–Crippen MR) is 81.2 cm³/mol. The van der Waals surface area contributed by atoms with Crippen LogP contribution < -0.4 is 0 Å². The number of hydrogen-bond donors (Lipinski definition) is 0. The lowest BCUT2D eigenvalue weighted by Gasteiger charge is -2.40. The Morgan fingerprint density at radius 1 is 1.38 bits per heavy atom. The van der Waals surface area contributed by atoms with Crippen LogP contribution in [0.5, 0.6) is 0 Å². The summed E-state index contributed by atoms with van der Waals surface area (Å²) >= 11 is 0. The average Bonchev–Trinajstić information content (AvgIpc) is 2.48. The lowest BCUT2D eigenvalue weighted by molar-refractivity contribution is -0.105. The van der Waals surface area contributed by atoms with Crippen molar-refractivity contribution in [2.75, 3.05) is 46.9 Å². The van der Waals surface area contributed by atoms with Crippen LogP contribution in [-0.2, 0) is 15.1 Å². The molecule has 1 saturated heterocycles. The smallest absolute Gasteiger partial charge is 0.409 e. The first-order chi connectivity index (χ1) is 10.0. The molecule has 1 aliphatic heterocycles. The van der Waals surface area contributed by atoms with Crippen molar-refractivity contribution < 1.29 is 14.3 Å². The first kappa shape index (κ1) is 15.8. The number of carbonyl (C=O) groups is 1. The van der Waals surface area contributed by atoms with Crippen LogP contribution in [0.4, 0.5) is 4.79 Å². The molecule has 0 spiro atoms. The van der Waals surface area contributed by atoms with Crippen LogP contribution in [0.3, 0.4) is 0 Å². The molecule has 5 heteroatoms. The Balaban J connectivity index is 1.88. The van der Waals surface area contributed by atoms with Gasteiger partial charge in [0.1, 0.15) is 12.2 Å². The fourth-order valence-electron chi connectivity index (χ4n) is 2.50. The van der Waals surface area contributed by atoms with E-state index in [4.69, 9.17) is 9.47 Å². The Kier molecular flexibility index (Phi) is 5.20. The molecule has 1 fully saturated rings. The van der Waals surface area contributed by atoms with Gasteiger partial charge in [0.2, 0.25) is 0 Å². The van der Waals surface area contributed by atoms with E-state index < -0.39 is 0 Å². The molecule has 0 aliphatic carbocycles. The number of benzene rings is 1. The van der Waals surface area contributed by atoms with E-state index in [0.29, 0.717) is 13.2 Å². The third-order valence-corrected chi connectivity index (χ3v) is 3.74. The molecule has 0 N–H and O–H groups in total. The van der Waals surface area contributed by atoms with Crippen molar-refractivity contribution in [3.8, 4) is 0 Å². The number of carbonyl (C=O) groups excluding carboxylic acids is 1. The van der Waals surface area contributed by atoms with Crippen LogP contribution in [0.1, 0.15) is 12.5 Å². The molecule has 0 bridgehead atoms. The topological polar surface area (TPSA) is 42.0 Å². The van der Waals surface area contributed by atoms with Gasteiger partial charge >= 0.3 is 6.09 Å². The third-order valence-electron chi connectivity index (χ3n) is 3.74. The minimum atomic E-state index is -0.301. The van der Waals surface area contributed by atoms with E-state index in [0.717, 1.165) is 19.6 Å². The normalized spacial score (nSPS) is 22.8. The van der Waals surface area contributed by atoms with Crippen LogP contribution in [0.2, 0.25) is 0 Å². The Morgan fingerprint density at radius 3 is 2.76 bits per heavy atom. The molecule has 21 heavy (non-hydrogen) atoms. The molecule has 1 amide bonds. The number of amides is 1. The standard InChI is InChI=1S/C16H24N2O3/c1-16(14-7-5-4-6-8-14)13-18(10-12-21-16)9-11-20-15(19)17(2)3/h4-8H,9-13H2,1-3H3. The van der Waals surface area contributed by atoms with Crippen molar-refractivity contribution in [3.05, 3.63) is 35.9 Å². The van der Waals surface area contributed by atoms with Gasteiger partial charge in [-0.25, -0.2) is 4.79 Å². The Morgan fingerprint density at radius 2 is 2.10 bits per heavy atom. The average molecular weight is 292 g/mol. The first-order valence-corrected chi connectivity index (χ1v) is 7.27. The van der Waals surface area contributed by atoms with Gasteiger partial charge in [-0.05, 0) is 12.5 Å². The van der Waals surface area contributed by atoms with Gasteiger partial charge in [-0.2, -0.15) is 0 Å². The molecule has 1 atom stereocenters. The summed E-state index contributed by atoms with van der Waals surface area (Å²) in [5.41, 5.74) is 0.880. The molecule has 5 nitrogen and oxygen atoms in total. The zero-order valence-electron chi connectivity index (χ0n) is 13.0. The monoisotopic (exact) mass is 292 g/mol. The molecule has 116 valence electrons. The van der Waals surface area contributed by atoms with E-state index >= 15 is 0 Å². The van der Waals surface area contributed by atoms with Crippen LogP contribution in [-0.4, -0.2) is 62.8 Å². The predicted octanol–water partition coefficient (Wildman–Crippen LogP) is 1.93. The summed E-state index contributed by atoms with van der Waals surface area (Å²) in [7, 11) is 3.37. The summed E-state index contributed by atoms with van der Waals surface area (Å²) in [6.07, 6.45) is -0.297. The van der Waals surface area contributed by atoms with Crippen LogP contribution in [0.25, 0.3) is 0 Å². The van der Waals surface area contributed by atoms with Crippen LogP contribution >= 0.6 is 0 Å². The Hall–Kier alpha value is -1.59. The van der Waals surface area contributed by atoms with E-state index in [1.807, 2.05) is 18.2 Å². The summed E-state index contributed by atoms with van der Waals surface area (Å²) in [6, 6.07) is 10.3. The number of ether oxygens (including phenoxy) is 2. The number of morpholine rings is 1. The van der Waals surface area contributed by atoms with Gasteiger partial charge in [-0.1, -0.05) is 30.3 Å². The fourth-order valence-corrected chi connectivity index (χ4v) is 2.50. The van der Waals surface area contributed by atoms with Crippen LogP contribution in [0.15, 0.2) is 30.3 Å². The largest absolute Gasteiger partial charge is 0.448 e. The number of nitrogens with zero attached hydrogens (tertiary/aromatic N) is 2. The highest BCUT2D eigenvalue weighted by molar-refractivity contribution is 5.66. The van der Waals surface area contributed by atoms with Crippen molar-refractivity contribution in [3.63, 3.8) is 0 Å². The van der Waals surface area contributed by atoms with Crippen molar-refractivity contribution in [2.24, 2.45) is 0 Å². The summed E-state index contributed by atoms with van der Waals surface area (Å²) in [4.78, 5) is 15.1. The van der Waals surface area contributed by atoms with E-state index in [9.17, 15) is 4.79 Å². The summed E-state index contributed by atoms with van der Waals surface area (Å²) < 4.78 is 11.2. The first-order valence-electron chi connectivity index (χ1n) is 7.27. The second-order valence-corrected chi connectivity index (χ2v) is 5.73. The molecule has 1 aromatic carbocycles. The second-order valence-electron chi connectivity index (χ2n) is 5.73. The maximum Gasteiger partial charge on any atom is 0.409 e. The Bertz CT molecular complexity index is 464. The quantitative estimate of drug-likeness (QED) is 0.850. The molecule has 0 aromatic heterocycles. The third kappa shape index (κ3) is 4.19. The van der Waals surface area contributed by atoms with Gasteiger partial charge in [-0.3, -0.25) is 4.90 Å². The minimum Gasteiger partial charge on any atom is -0.448 e. The van der Waals surface area contributed by atoms with Gasteiger partial charge in [0, 0.05) is 33.7 Å². The van der Waals surface area contributed by atoms with Gasteiger partial charge in [0.05, 0.1) is 6.61 Å². The van der Waals surface area contributed by atoms with E-state index in [-0.39, 0.29) is 11.7 Å². The zero-order chi connectivity index (χ0) is 15.3. The molecule has 1 unspecified atom stereocenters. The number of hydrogen-bond acceptors (Lipinski definition) is 4. The van der Waals surface area contributed by atoms with E-state index in [2.05, 4.69) is 24.0 Å².